The van der Waals surface area contributed by atoms with E-state index in [0.29, 0.717) is 18.6 Å². The minimum atomic E-state index is -3.96. The molecule has 1 aliphatic heterocycles. The number of carboxylic acids is 1. The number of aliphatic carboxylic acids is 1. The summed E-state index contributed by atoms with van der Waals surface area (Å²) < 4.78 is 37.3. The van der Waals surface area contributed by atoms with Crippen LogP contribution in [0, 0.1) is 0 Å². The second-order valence-corrected chi connectivity index (χ2v) is 7.75. The molecule has 0 aliphatic carbocycles. The molecule has 9 nitrogen and oxygen atoms in total. The molecule has 0 saturated carbocycles. The van der Waals surface area contributed by atoms with Gasteiger partial charge >= 0.3 is 5.97 Å². The smallest absolute Gasteiger partial charge is 0.325 e. The molecule has 2 atom stereocenters. The molecule has 1 aromatic rings. The van der Waals surface area contributed by atoms with Crippen LogP contribution in [0.25, 0.3) is 0 Å². The Morgan fingerprint density at radius 2 is 1.92 bits per heavy atom. The van der Waals surface area contributed by atoms with Gasteiger partial charge in [0.05, 0.1) is 19.1 Å². The lowest BCUT2D eigenvalue weighted by Crippen LogP contribution is -2.49. The SMILES string of the molecule is COc1ccc(S(=O)(=O)N2CCCC2C(=O)NC(C)C(=O)O)cc1OC. The van der Waals surface area contributed by atoms with Crippen molar-refractivity contribution in [2.45, 2.75) is 36.7 Å². The first-order chi connectivity index (χ1) is 12.2. The highest BCUT2D eigenvalue weighted by Gasteiger charge is 2.40. The van der Waals surface area contributed by atoms with Crippen molar-refractivity contribution in [3.8, 4) is 11.5 Å². The molecule has 26 heavy (non-hydrogen) atoms. The quantitative estimate of drug-likeness (QED) is 0.697. The van der Waals surface area contributed by atoms with Crippen LogP contribution in [0.15, 0.2) is 23.1 Å². The van der Waals surface area contributed by atoms with Crippen molar-refractivity contribution in [1.82, 2.24) is 9.62 Å². The van der Waals surface area contributed by atoms with Gasteiger partial charge in [0.2, 0.25) is 15.9 Å². The molecule has 2 rings (SSSR count). The van der Waals surface area contributed by atoms with Gasteiger partial charge < -0.3 is 19.9 Å². The summed E-state index contributed by atoms with van der Waals surface area (Å²) in [7, 11) is -1.12. The summed E-state index contributed by atoms with van der Waals surface area (Å²) in [4.78, 5) is 23.2. The Kier molecular flexibility index (Phi) is 6.09. The molecule has 0 bridgehead atoms. The van der Waals surface area contributed by atoms with Crippen molar-refractivity contribution in [1.29, 1.82) is 0 Å². The molecule has 1 fully saturated rings. The van der Waals surface area contributed by atoms with E-state index < -0.39 is 34.0 Å². The number of sulfonamides is 1. The molecule has 0 aromatic heterocycles. The summed E-state index contributed by atoms with van der Waals surface area (Å²) in [6, 6.07) is 2.14. The zero-order valence-electron chi connectivity index (χ0n) is 14.8. The van der Waals surface area contributed by atoms with Gasteiger partial charge in [0, 0.05) is 12.6 Å². The van der Waals surface area contributed by atoms with Crippen molar-refractivity contribution in [2.24, 2.45) is 0 Å². The van der Waals surface area contributed by atoms with E-state index in [1.54, 1.807) is 0 Å². The monoisotopic (exact) mass is 386 g/mol. The van der Waals surface area contributed by atoms with Crippen LogP contribution in [0.5, 0.6) is 11.5 Å². The van der Waals surface area contributed by atoms with Gasteiger partial charge in [0.15, 0.2) is 11.5 Å². The number of hydrogen-bond acceptors (Lipinski definition) is 6. The van der Waals surface area contributed by atoms with Gasteiger partial charge in [-0.25, -0.2) is 8.42 Å². The number of benzene rings is 1. The fourth-order valence-corrected chi connectivity index (χ4v) is 4.45. The largest absolute Gasteiger partial charge is 0.493 e. The topological polar surface area (TPSA) is 122 Å². The van der Waals surface area contributed by atoms with Crippen LogP contribution in [-0.4, -0.2) is 62.6 Å². The molecule has 0 radical (unpaired) electrons. The average Bonchev–Trinajstić information content (AvgIpc) is 3.11. The van der Waals surface area contributed by atoms with E-state index >= 15 is 0 Å². The maximum Gasteiger partial charge on any atom is 0.325 e. The lowest BCUT2D eigenvalue weighted by Gasteiger charge is -2.24. The van der Waals surface area contributed by atoms with Crippen LogP contribution in [-0.2, 0) is 19.6 Å². The van der Waals surface area contributed by atoms with Crippen LogP contribution in [0.1, 0.15) is 19.8 Å². The third-order valence-electron chi connectivity index (χ3n) is 4.20. The van der Waals surface area contributed by atoms with Crippen LogP contribution < -0.4 is 14.8 Å². The number of carbonyl (C=O) groups excluding carboxylic acids is 1. The molecule has 1 aromatic carbocycles. The zero-order valence-corrected chi connectivity index (χ0v) is 15.6. The van der Waals surface area contributed by atoms with Gasteiger partial charge in [0.25, 0.3) is 0 Å². The molecule has 2 unspecified atom stereocenters. The van der Waals surface area contributed by atoms with E-state index in [1.165, 1.54) is 39.3 Å². The van der Waals surface area contributed by atoms with Gasteiger partial charge in [-0.3, -0.25) is 9.59 Å². The third-order valence-corrected chi connectivity index (χ3v) is 6.10. The zero-order chi connectivity index (χ0) is 19.5. The number of nitrogens with zero attached hydrogens (tertiary/aromatic N) is 1. The maximum atomic E-state index is 13.0. The van der Waals surface area contributed by atoms with E-state index in [1.807, 2.05) is 0 Å². The number of carbonyl (C=O) groups is 2. The first-order valence-electron chi connectivity index (χ1n) is 7.99. The Labute approximate surface area is 151 Å². The van der Waals surface area contributed by atoms with Gasteiger partial charge in [-0.2, -0.15) is 4.31 Å². The highest BCUT2D eigenvalue weighted by molar-refractivity contribution is 7.89. The number of ether oxygens (including phenoxy) is 2. The summed E-state index contributed by atoms with van der Waals surface area (Å²) in [5.74, 6) is -1.17. The van der Waals surface area contributed by atoms with Crippen molar-refractivity contribution >= 4 is 21.9 Å². The van der Waals surface area contributed by atoms with Gasteiger partial charge in [-0.1, -0.05) is 0 Å². The van der Waals surface area contributed by atoms with E-state index in [0.717, 1.165) is 4.31 Å². The minimum absolute atomic E-state index is 0.0267. The van der Waals surface area contributed by atoms with Gasteiger partial charge in [0.1, 0.15) is 12.1 Å². The molecular formula is C16H22N2O7S. The number of hydrogen-bond donors (Lipinski definition) is 2. The fraction of sp³-hybridized carbons (Fsp3) is 0.500. The molecule has 1 saturated heterocycles. The fourth-order valence-electron chi connectivity index (χ4n) is 2.77. The molecule has 1 aliphatic rings. The number of amides is 1. The Bertz CT molecular complexity index is 794. The highest BCUT2D eigenvalue weighted by Crippen LogP contribution is 2.33. The molecular weight excluding hydrogens is 364 g/mol. The van der Waals surface area contributed by atoms with E-state index in [4.69, 9.17) is 14.6 Å². The average molecular weight is 386 g/mol. The predicted molar refractivity (Wildman–Crippen MR) is 91.7 cm³/mol. The van der Waals surface area contributed by atoms with Crippen LogP contribution >= 0.6 is 0 Å². The molecule has 10 heteroatoms. The molecule has 0 spiro atoms. The highest BCUT2D eigenvalue weighted by atomic mass is 32.2. The van der Waals surface area contributed by atoms with Gasteiger partial charge in [-0.05, 0) is 31.9 Å². The van der Waals surface area contributed by atoms with Crippen molar-refractivity contribution in [3.63, 3.8) is 0 Å². The summed E-state index contributed by atoms with van der Waals surface area (Å²) in [5.41, 5.74) is 0. The van der Waals surface area contributed by atoms with Crippen LogP contribution in [0.2, 0.25) is 0 Å². The maximum absolute atomic E-state index is 13.0. The Morgan fingerprint density at radius 1 is 1.27 bits per heavy atom. The summed E-state index contributed by atoms with van der Waals surface area (Å²) in [6.07, 6.45) is 0.830. The summed E-state index contributed by atoms with van der Waals surface area (Å²) in [6.45, 7) is 1.50. The Balaban J connectivity index is 2.30. The van der Waals surface area contributed by atoms with E-state index in [2.05, 4.69) is 5.32 Å². The van der Waals surface area contributed by atoms with Crippen LogP contribution in [0.4, 0.5) is 0 Å². The number of methoxy groups -OCH3 is 2. The van der Waals surface area contributed by atoms with Crippen molar-refractivity contribution in [2.75, 3.05) is 20.8 Å². The van der Waals surface area contributed by atoms with Gasteiger partial charge in [-0.15, -0.1) is 0 Å². The van der Waals surface area contributed by atoms with E-state index in [9.17, 15) is 18.0 Å². The number of nitrogens with one attached hydrogen (secondary N) is 1. The molecule has 1 heterocycles. The first kappa shape index (κ1) is 20.0. The Hall–Kier alpha value is -2.33. The molecule has 2 N–H and O–H groups in total. The second kappa shape index (κ2) is 7.92. The standard InChI is InChI=1S/C16H22N2O7S/c1-10(16(20)21)17-15(19)12-5-4-8-18(12)26(22,23)11-6-7-13(24-2)14(9-11)25-3/h6-7,9-10,12H,4-5,8H2,1-3H3,(H,17,19)(H,20,21). The lowest BCUT2D eigenvalue weighted by atomic mass is 10.2. The first-order valence-corrected chi connectivity index (χ1v) is 9.43. The third kappa shape index (κ3) is 3.91. The summed E-state index contributed by atoms with van der Waals surface area (Å²) in [5, 5.41) is 11.2. The molecule has 144 valence electrons. The lowest BCUT2D eigenvalue weighted by molar-refractivity contribution is -0.141. The number of carboxylic acid groups (broad SMARTS) is 1. The summed E-state index contributed by atoms with van der Waals surface area (Å²) >= 11 is 0. The Morgan fingerprint density at radius 3 is 2.50 bits per heavy atom. The minimum Gasteiger partial charge on any atom is -0.493 e. The molecule has 1 amide bonds. The second-order valence-electron chi connectivity index (χ2n) is 5.86. The normalized spacial score (nSPS) is 19.0. The van der Waals surface area contributed by atoms with Crippen LogP contribution in [0.3, 0.4) is 0 Å². The predicted octanol–water partition coefficient (Wildman–Crippen LogP) is 0.446. The van der Waals surface area contributed by atoms with Crippen molar-refractivity contribution < 1.29 is 32.6 Å². The number of rotatable bonds is 7. The van der Waals surface area contributed by atoms with Crippen molar-refractivity contribution in [3.05, 3.63) is 18.2 Å². The van der Waals surface area contributed by atoms with E-state index in [-0.39, 0.29) is 17.2 Å².